The summed E-state index contributed by atoms with van der Waals surface area (Å²) in [5, 5.41) is 12.0. The number of rotatable bonds is 6. The van der Waals surface area contributed by atoms with Gasteiger partial charge < -0.3 is 15.0 Å². The third-order valence-corrected chi connectivity index (χ3v) is 3.09. The predicted molar refractivity (Wildman–Crippen MR) is 74.2 cm³/mol. The van der Waals surface area contributed by atoms with Gasteiger partial charge in [-0.05, 0) is 17.7 Å². The van der Waals surface area contributed by atoms with Crippen molar-refractivity contribution in [2.45, 2.75) is 19.0 Å². The standard InChI is InChI=1S/C15H16F2N2O2/c16-14(17)9-19-8-4-7-13(19)15(21)18-12(10-20)11-5-2-1-3-6-11/h1-8,12,14,20H,9-10H2,(H,18,21)/t12-/m0/s1. The van der Waals surface area contributed by atoms with Gasteiger partial charge in [-0.25, -0.2) is 8.78 Å². The molecule has 0 saturated carbocycles. The van der Waals surface area contributed by atoms with Crippen molar-refractivity contribution >= 4 is 5.91 Å². The number of carbonyl (C=O) groups excluding carboxylic acids is 1. The highest BCUT2D eigenvalue weighted by atomic mass is 19.3. The van der Waals surface area contributed by atoms with E-state index in [1.807, 2.05) is 6.07 Å². The number of benzene rings is 1. The van der Waals surface area contributed by atoms with E-state index in [0.717, 1.165) is 5.56 Å². The lowest BCUT2D eigenvalue weighted by molar-refractivity contribution is 0.0894. The molecule has 0 fully saturated rings. The summed E-state index contributed by atoms with van der Waals surface area (Å²) in [6.45, 7) is -0.809. The van der Waals surface area contributed by atoms with Gasteiger partial charge >= 0.3 is 0 Å². The Bertz CT molecular complexity index is 584. The normalized spacial score (nSPS) is 12.4. The fourth-order valence-electron chi connectivity index (χ4n) is 2.08. The highest BCUT2D eigenvalue weighted by Crippen LogP contribution is 2.13. The van der Waals surface area contributed by atoms with E-state index in [-0.39, 0.29) is 12.3 Å². The third kappa shape index (κ3) is 3.88. The summed E-state index contributed by atoms with van der Waals surface area (Å²) in [5.41, 5.74) is 0.894. The highest BCUT2D eigenvalue weighted by molar-refractivity contribution is 5.93. The highest BCUT2D eigenvalue weighted by Gasteiger charge is 2.18. The van der Waals surface area contributed by atoms with Gasteiger partial charge in [0, 0.05) is 6.20 Å². The maximum Gasteiger partial charge on any atom is 0.268 e. The molecule has 0 aliphatic heterocycles. The van der Waals surface area contributed by atoms with Crippen molar-refractivity contribution in [2.75, 3.05) is 6.61 Å². The van der Waals surface area contributed by atoms with Crippen molar-refractivity contribution in [2.24, 2.45) is 0 Å². The number of hydrogen-bond acceptors (Lipinski definition) is 2. The lowest BCUT2D eigenvalue weighted by atomic mass is 10.1. The van der Waals surface area contributed by atoms with Crippen LogP contribution in [0.2, 0.25) is 0 Å². The van der Waals surface area contributed by atoms with Gasteiger partial charge in [0.05, 0.1) is 19.2 Å². The lowest BCUT2D eigenvalue weighted by Gasteiger charge is -2.17. The summed E-state index contributed by atoms with van der Waals surface area (Å²) in [4.78, 5) is 12.2. The van der Waals surface area contributed by atoms with Gasteiger partial charge in [-0.2, -0.15) is 0 Å². The molecule has 2 aromatic rings. The fraction of sp³-hybridized carbons (Fsp3) is 0.267. The molecular weight excluding hydrogens is 278 g/mol. The van der Waals surface area contributed by atoms with Crippen molar-refractivity contribution in [1.29, 1.82) is 0 Å². The van der Waals surface area contributed by atoms with E-state index in [0.29, 0.717) is 0 Å². The molecule has 1 aromatic heterocycles. The van der Waals surface area contributed by atoms with E-state index in [9.17, 15) is 18.7 Å². The van der Waals surface area contributed by atoms with Crippen LogP contribution in [-0.2, 0) is 6.54 Å². The van der Waals surface area contributed by atoms with E-state index >= 15 is 0 Å². The topological polar surface area (TPSA) is 54.3 Å². The molecule has 1 atom stereocenters. The van der Waals surface area contributed by atoms with E-state index in [1.54, 1.807) is 24.3 Å². The van der Waals surface area contributed by atoms with Gasteiger partial charge in [0.1, 0.15) is 5.69 Å². The first kappa shape index (κ1) is 15.2. The molecule has 21 heavy (non-hydrogen) atoms. The minimum atomic E-state index is -2.54. The Labute approximate surface area is 121 Å². The number of aliphatic hydroxyl groups is 1. The molecule has 6 heteroatoms. The molecule has 112 valence electrons. The van der Waals surface area contributed by atoms with Crippen LogP contribution >= 0.6 is 0 Å². The zero-order chi connectivity index (χ0) is 15.2. The van der Waals surface area contributed by atoms with Crippen LogP contribution < -0.4 is 5.32 Å². The molecule has 1 aromatic carbocycles. The second-order valence-corrected chi connectivity index (χ2v) is 4.56. The summed E-state index contributed by atoms with van der Waals surface area (Å²) in [5.74, 6) is -0.497. The molecule has 1 amide bonds. The van der Waals surface area contributed by atoms with Crippen molar-refractivity contribution in [3.63, 3.8) is 0 Å². The molecule has 0 aliphatic rings. The SMILES string of the molecule is O=C(N[C@@H](CO)c1ccccc1)c1cccn1CC(F)F. The van der Waals surface area contributed by atoms with Gasteiger partial charge in [-0.3, -0.25) is 4.79 Å². The summed E-state index contributed by atoms with van der Waals surface area (Å²) >= 11 is 0. The molecule has 0 unspecified atom stereocenters. The van der Waals surface area contributed by atoms with E-state index < -0.39 is 24.9 Å². The van der Waals surface area contributed by atoms with Crippen molar-refractivity contribution in [3.8, 4) is 0 Å². The number of alkyl halides is 2. The molecule has 1 heterocycles. The Hall–Kier alpha value is -2.21. The van der Waals surface area contributed by atoms with E-state index in [1.165, 1.54) is 22.9 Å². The van der Waals surface area contributed by atoms with Crippen LogP contribution in [0.25, 0.3) is 0 Å². The van der Waals surface area contributed by atoms with Crippen LogP contribution in [0.1, 0.15) is 22.1 Å². The Balaban J connectivity index is 2.12. The average Bonchev–Trinajstić information content (AvgIpc) is 2.93. The monoisotopic (exact) mass is 294 g/mol. The zero-order valence-corrected chi connectivity index (χ0v) is 11.2. The summed E-state index contributed by atoms with van der Waals surface area (Å²) in [6, 6.07) is 11.4. The first-order chi connectivity index (χ1) is 10.1. The van der Waals surface area contributed by atoms with E-state index in [4.69, 9.17) is 0 Å². The fourth-order valence-corrected chi connectivity index (χ4v) is 2.08. The van der Waals surface area contributed by atoms with Crippen molar-refractivity contribution in [3.05, 3.63) is 59.9 Å². The van der Waals surface area contributed by atoms with Crippen molar-refractivity contribution in [1.82, 2.24) is 9.88 Å². The molecule has 0 bridgehead atoms. The number of aromatic nitrogens is 1. The Kier molecular flexibility index (Phi) is 5.05. The number of hydrogen-bond donors (Lipinski definition) is 2. The average molecular weight is 294 g/mol. The number of amides is 1. The van der Waals surface area contributed by atoms with Crippen LogP contribution in [0.4, 0.5) is 8.78 Å². The first-order valence-electron chi connectivity index (χ1n) is 6.51. The maximum absolute atomic E-state index is 12.4. The molecule has 2 N–H and O–H groups in total. The summed E-state index contributed by atoms with van der Waals surface area (Å²) in [7, 11) is 0. The Morgan fingerprint density at radius 3 is 2.52 bits per heavy atom. The number of nitrogens with zero attached hydrogens (tertiary/aromatic N) is 1. The zero-order valence-electron chi connectivity index (χ0n) is 11.2. The first-order valence-corrected chi connectivity index (χ1v) is 6.51. The number of halogens is 2. The van der Waals surface area contributed by atoms with Crippen LogP contribution in [-0.4, -0.2) is 28.6 Å². The third-order valence-electron chi connectivity index (χ3n) is 3.09. The van der Waals surface area contributed by atoms with Crippen molar-refractivity contribution < 1.29 is 18.7 Å². The molecule has 4 nitrogen and oxygen atoms in total. The summed E-state index contributed by atoms with van der Waals surface area (Å²) in [6.07, 6.45) is -1.11. The second-order valence-electron chi connectivity index (χ2n) is 4.56. The Morgan fingerprint density at radius 1 is 1.19 bits per heavy atom. The van der Waals surface area contributed by atoms with Gasteiger partial charge in [0.25, 0.3) is 12.3 Å². The van der Waals surface area contributed by atoms with Crippen LogP contribution in [0.5, 0.6) is 0 Å². The molecular formula is C15H16F2N2O2. The van der Waals surface area contributed by atoms with Gasteiger partial charge in [-0.1, -0.05) is 30.3 Å². The second kappa shape index (κ2) is 6.99. The van der Waals surface area contributed by atoms with Crippen LogP contribution in [0, 0.1) is 0 Å². The minimum Gasteiger partial charge on any atom is -0.394 e. The van der Waals surface area contributed by atoms with Gasteiger partial charge in [0.2, 0.25) is 0 Å². The quantitative estimate of drug-likeness (QED) is 0.858. The molecule has 0 spiro atoms. The molecule has 0 aliphatic carbocycles. The number of aliphatic hydroxyl groups excluding tert-OH is 1. The Morgan fingerprint density at radius 2 is 1.90 bits per heavy atom. The number of nitrogens with one attached hydrogen (secondary N) is 1. The molecule has 0 radical (unpaired) electrons. The van der Waals surface area contributed by atoms with E-state index in [2.05, 4.69) is 5.32 Å². The summed E-state index contributed by atoms with van der Waals surface area (Å²) < 4.78 is 26.1. The molecule has 0 saturated heterocycles. The lowest BCUT2D eigenvalue weighted by Crippen LogP contribution is -2.32. The predicted octanol–water partition coefficient (Wildman–Crippen LogP) is 2.22. The van der Waals surface area contributed by atoms with Crippen LogP contribution in [0.3, 0.4) is 0 Å². The largest absolute Gasteiger partial charge is 0.394 e. The smallest absolute Gasteiger partial charge is 0.268 e. The van der Waals surface area contributed by atoms with Crippen LogP contribution in [0.15, 0.2) is 48.7 Å². The van der Waals surface area contributed by atoms with Gasteiger partial charge in [-0.15, -0.1) is 0 Å². The molecule has 2 rings (SSSR count). The maximum atomic E-state index is 12.4. The van der Waals surface area contributed by atoms with Gasteiger partial charge in [0.15, 0.2) is 0 Å². The number of carbonyl (C=O) groups is 1. The minimum absolute atomic E-state index is 0.143.